The molecular weight excluding hydrogens is 147 g/mol. The molecule has 0 aromatic rings. The second-order valence-corrected chi connectivity index (χ2v) is 0.577. The summed E-state index contributed by atoms with van der Waals surface area (Å²) in [6.07, 6.45) is 0. The normalized spacial score (nSPS) is 5.25. The van der Waals surface area contributed by atoms with Gasteiger partial charge < -0.3 is 10.2 Å². The Labute approximate surface area is 58.9 Å². The Morgan fingerprint density at radius 3 is 1.12 bits per heavy atom. The zero-order valence-corrected chi connectivity index (χ0v) is 6.48. The van der Waals surface area contributed by atoms with Crippen LogP contribution in [0.4, 0.5) is 0 Å². The van der Waals surface area contributed by atoms with E-state index in [0.29, 0.717) is 0 Å². The molecule has 0 N–H and O–H groups in total. The van der Waals surface area contributed by atoms with E-state index in [0.717, 1.165) is 17.4 Å². The molecule has 0 bridgehead atoms. The van der Waals surface area contributed by atoms with Crippen LogP contribution in [0.25, 0.3) is 0 Å². The summed E-state index contributed by atoms with van der Waals surface area (Å²) in [5, 5.41) is 17.9. The van der Waals surface area contributed by atoms with E-state index >= 15 is 0 Å². The van der Waals surface area contributed by atoms with Crippen LogP contribution in [0.3, 0.4) is 0 Å². The van der Waals surface area contributed by atoms with Crippen molar-refractivity contribution in [2.24, 2.45) is 0 Å². The van der Waals surface area contributed by atoms with Gasteiger partial charge in [-0.3, -0.25) is 0 Å². The molecular formula is C4H10O3V. The van der Waals surface area contributed by atoms with Crippen LogP contribution in [0.5, 0.6) is 0 Å². The van der Waals surface area contributed by atoms with E-state index in [4.69, 9.17) is 13.9 Å². The van der Waals surface area contributed by atoms with Crippen molar-refractivity contribution in [3.63, 3.8) is 0 Å². The average Bonchev–Trinajstić information content (AvgIpc) is 1.75. The second kappa shape index (κ2) is 54.7. The van der Waals surface area contributed by atoms with Gasteiger partial charge in [0.1, 0.15) is 0 Å². The summed E-state index contributed by atoms with van der Waals surface area (Å²) in [7, 11) is 0. The Kier molecular flexibility index (Phi) is 108. The topological polar surface area (TPSA) is 63.2 Å². The van der Waals surface area contributed by atoms with E-state index in [-0.39, 0.29) is 13.2 Å². The van der Waals surface area contributed by atoms with Gasteiger partial charge in [0, 0.05) is 0 Å². The molecule has 0 aromatic heterocycles. The monoisotopic (exact) mass is 157 g/mol. The Morgan fingerprint density at radius 2 is 1.12 bits per heavy atom. The average molecular weight is 157 g/mol. The quantitative estimate of drug-likeness (QED) is 0.435. The molecule has 0 radical (unpaired) electrons. The third-order valence-electron chi connectivity index (χ3n) is 0. The summed E-state index contributed by atoms with van der Waals surface area (Å²) in [5.74, 6) is 0. The molecule has 0 spiro atoms. The number of hydrogen-bond donors (Lipinski definition) is 0. The van der Waals surface area contributed by atoms with E-state index in [1.807, 2.05) is 0 Å². The van der Waals surface area contributed by atoms with E-state index in [1.54, 1.807) is 13.8 Å². The fraction of sp³-hybridized carbons (Fsp3) is 1.00. The van der Waals surface area contributed by atoms with Crippen molar-refractivity contribution < 1.29 is 31.3 Å². The number of rotatable bonds is 0. The first-order chi connectivity index (χ1) is 3.83. The van der Waals surface area contributed by atoms with Crippen molar-refractivity contribution in [3.05, 3.63) is 0 Å². The van der Waals surface area contributed by atoms with Crippen molar-refractivity contribution in [1.82, 2.24) is 0 Å². The Bertz CT molecular complexity index is 18.8. The summed E-state index contributed by atoms with van der Waals surface area (Å²) in [6.45, 7) is 3.14. The van der Waals surface area contributed by atoms with Crippen LogP contribution in [0.1, 0.15) is 13.8 Å². The van der Waals surface area contributed by atoms with Crippen LogP contribution in [-0.2, 0) is 21.0 Å². The van der Waals surface area contributed by atoms with Crippen molar-refractivity contribution in [1.29, 1.82) is 0 Å². The van der Waals surface area contributed by atoms with E-state index in [9.17, 15) is 0 Å². The third kappa shape index (κ3) is 1910. The minimum absolute atomic E-state index is 0. The molecule has 0 aromatic carbocycles. The van der Waals surface area contributed by atoms with Crippen LogP contribution in [-0.4, -0.2) is 13.2 Å². The fourth-order valence-electron chi connectivity index (χ4n) is 0. The third-order valence-corrected chi connectivity index (χ3v) is 0. The fourth-order valence-corrected chi connectivity index (χ4v) is 0. The van der Waals surface area contributed by atoms with Crippen LogP contribution < -0.4 is 10.2 Å². The molecule has 3 nitrogen and oxygen atoms in total. The maximum absolute atomic E-state index is 8.93. The van der Waals surface area contributed by atoms with Gasteiger partial charge in [0.25, 0.3) is 0 Å². The van der Waals surface area contributed by atoms with Gasteiger partial charge in [0.15, 0.2) is 0 Å². The van der Waals surface area contributed by atoms with E-state index in [1.165, 1.54) is 0 Å². The van der Waals surface area contributed by atoms with Gasteiger partial charge in [-0.2, -0.15) is 0 Å². The first-order valence-electron chi connectivity index (χ1n) is 2.17. The summed E-state index contributed by atoms with van der Waals surface area (Å²) >= 11 is 1.06. The summed E-state index contributed by atoms with van der Waals surface area (Å²) in [4.78, 5) is 0. The molecule has 0 aliphatic rings. The summed E-state index contributed by atoms with van der Waals surface area (Å²) in [6, 6.07) is 0. The molecule has 0 unspecified atom stereocenters. The van der Waals surface area contributed by atoms with Crippen molar-refractivity contribution in [2.45, 2.75) is 13.8 Å². The first kappa shape index (κ1) is 15.7. The van der Waals surface area contributed by atoms with E-state index < -0.39 is 0 Å². The molecule has 0 amide bonds. The van der Waals surface area contributed by atoms with Crippen LogP contribution in [0.2, 0.25) is 0 Å². The molecule has 0 saturated heterocycles. The van der Waals surface area contributed by atoms with Crippen molar-refractivity contribution in [2.75, 3.05) is 13.2 Å². The van der Waals surface area contributed by atoms with Gasteiger partial charge in [-0.1, -0.05) is 13.8 Å². The predicted molar refractivity (Wildman–Crippen MR) is 21.8 cm³/mol. The van der Waals surface area contributed by atoms with Gasteiger partial charge in [0.2, 0.25) is 0 Å². The van der Waals surface area contributed by atoms with Crippen LogP contribution in [0.15, 0.2) is 0 Å². The van der Waals surface area contributed by atoms with Gasteiger partial charge in [-0.05, 0) is 0 Å². The molecule has 4 heteroatoms. The standard InChI is InChI=1S/2C2H5O.O.V/c2*1-2-3;;/h2*2H2,1H3;;/q2*-1;;+2. The van der Waals surface area contributed by atoms with E-state index in [2.05, 4.69) is 0 Å². The van der Waals surface area contributed by atoms with Crippen LogP contribution >= 0.6 is 0 Å². The van der Waals surface area contributed by atoms with Gasteiger partial charge in [-0.15, -0.1) is 13.2 Å². The van der Waals surface area contributed by atoms with Gasteiger partial charge in [-0.25, -0.2) is 0 Å². The zero-order valence-electron chi connectivity index (χ0n) is 5.09. The molecule has 0 fully saturated rings. The molecule has 0 aliphatic heterocycles. The van der Waals surface area contributed by atoms with Gasteiger partial charge >= 0.3 is 21.0 Å². The first-order valence-corrected chi connectivity index (χ1v) is 2.74. The molecule has 0 rings (SSSR count). The van der Waals surface area contributed by atoms with Gasteiger partial charge in [0.05, 0.1) is 0 Å². The Hall–Kier alpha value is 0.304. The Balaban J connectivity index is -0.0000000483. The number of hydrogen-bond acceptors (Lipinski definition) is 3. The molecule has 0 saturated carbocycles. The molecule has 0 heterocycles. The zero-order chi connectivity index (χ0) is 7.41. The molecule has 49 valence electrons. The molecule has 8 heavy (non-hydrogen) atoms. The van der Waals surface area contributed by atoms with Crippen molar-refractivity contribution in [3.8, 4) is 0 Å². The second-order valence-electron chi connectivity index (χ2n) is 0.577. The minimum atomic E-state index is 0. The Morgan fingerprint density at radius 1 is 1.12 bits per heavy atom. The molecule has 0 aliphatic carbocycles. The van der Waals surface area contributed by atoms with Crippen LogP contribution in [0, 0.1) is 0 Å². The maximum atomic E-state index is 8.93. The summed E-state index contributed by atoms with van der Waals surface area (Å²) < 4.78 is 8.19. The SMILES string of the molecule is CC[O-].CC[O-].[O]=[V+2]. The molecule has 0 atom stereocenters. The van der Waals surface area contributed by atoms with Crippen molar-refractivity contribution >= 4 is 0 Å². The predicted octanol–water partition coefficient (Wildman–Crippen LogP) is -1.39. The summed E-state index contributed by atoms with van der Waals surface area (Å²) in [5.41, 5.74) is 0.